The van der Waals surface area contributed by atoms with E-state index in [1.54, 1.807) is 37.4 Å². The Morgan fingerprint density at radius 2 is 1.78 bits per heavy atom. The lowest BCUT2D eigenvalue weighted by atomic mass is 9.96. The molecular weight excluding hydrogens is 483 g/mol. The molecule has 2 aromatic heterocycles. The summed E-state index contributed by atoms with van der Waals surface area (Å²) in [5.74, 6) is -0.242. The van der Waals surface area contributed by atoms with Crippen molar-refractivity contribution >= 4 is 16.7 Å². The first-order chi connectivity index (χ1) is 17.6. The standard InChI is InChI=1S/C27H30F3N5O2/c1-5-20-16-35(24-13-25(36)33(4)23-12-9-19(14-31)32-26(23)24)21(6-2)15-34(20)17(3)18-7-10-22(11-8-18)37-27(28,29)30/h7-13,17,20-21H,5-6,15-16H2,1-4H3/t17?,20-,21+/m1/s1. The van der Waals surface area contributed by atoms with Crippen LogP contribution in [0.4, 0.5) is 18.9 Å². The van der Waals surface area contributed by atoms with Gasteiger partial charge < -0.3 is 14.2 Å². The van der Waals surface area contributed by atoms with Gasteiger partial charge in [-0.2, -0.15) is 5.26 Å². The molecular formula is C27H30F3N5O2. The number of anilines is 1. The highest BCUT2D eigenvalue weighted by atomic mass is 19.4. The lowest BCUT2D eigenvalue weighted by Gasteiger charge is -2.49. The van der Waals surface area contributed by atoms with Crippen LogP contribution in [0.5, 0.6) is 5.75 Å². The van der Waals surface area contributed by atoms with E-state index in [1.807, 2.05) is 0 Å². The summed E-state index contributed by atoms with van der Waals surface area (Å²) in [6, 6.07) is 13.3. The summed E-state index contributed by atoms with van der Waals surface area (Å²) in [4.78, 5) is 22.0. The van der Waals surface area contributed by atoms with E-state index in [0.29, 0.717) is 24.1 Å². The van der Waals surface area contributed by atoms with Crippen LogP contribution in [0.3, 0.4) is 0 Å². The largest absolute Gasteiger partial charge is 0.573 e. The van der Waals surface area contributed by atoms with Crippen molar-refractivity contribution in [2.75, 3.05) is 18.0 Å². The molecule has 0 radical (unpaired) electrons. The molecule has 196 valence electrons. The molecule has 4 rings (SSSR count). The summed E-state index contributed by atoms with van der Waals surface area (Å²) in [7, 11) is 1.69. The highest BCUT2D eigenvalue weighted by molar-refractivity contribution is 5.89. The maximum absolute atomic E-state index is 12.8. The van der Waals surface area contributed by atoms with E-state index in [9.17, 15) is 23.2 Å². The monoisotopic (exact) mass is 513 g/mol. The van der Waals surface area contributed by atoms with Gasteiger partial charge in [-0.3, -0.25) is 9.69 Å². The zero-order chi connectivity index (χ0) is 26.9. The molecule has 1 aromatic carbocycles. The van der Waals surface area contributed by atoms with Crippen LogP contribution in [0, 0.1) is 11.3 Å². The molecule has 3 atom stereocenters. The Morgan fingerprint density at radius 3 is 2.38 bits per heavy atom. The molecule has 0 amide bonds. The predicted octanol–water partition coefficient (Wildman–Crippen LogP) is 5.14. The van der Waals surface area contributed by atoms with Crippen LogP contribution in [0.15, 0.2) is 47.3 Å². The number of nitriles is 1. The molecule has 7 nitrogen and oxygen atoms in total. The number of alkyl halides is 3. The number of hydrogen-bond acceptors (Lipinski definition) is 6. The number of halogens is 3. The van der Waals surface area contributed by atoms with Gasteiger partial charge in [0.2, 0.25) is 0 Å². The van der Waals surface area contributed by atoms with Crippen molar-refractivity contribution in [1.29, 1.82) is 5.26 Å². The molecule has 1 saturated heterocycles. The smallest absolute Gasteiger partial charge is 0.406 e. The lowest BCUT2D eigenvalue weighted by molar-refractivity contribution is -0.274. The van der Waals surface area contributed by atoms with Gasteiger partial charge >= 0.3 is 6.36 Å². The van der Waals surface area contributed by atoms with Crippen molar-refractivity contribution in [2.45, 2.75) is 58.1 Å². The van der Waals surface area contributed by atoms with E-state index in [0.717, 1.165) is 24.1 Å². The number of piperazine rings is 1. The molecule has 0 N–H and O–H groups in total. The molecule has 1 unspecified atom stereocenters. The summed E-state index contributed by atoms with van der Waals surface area (Å²) in [5.41, 5.74) is 3.06. The number of benzene rings is 1. The Labute approximate surface area is 213 Å². The zero-order valence-electron chi connectivity index (χ0n) is 21.3. The van der Waals surface area contributed by atoms with Crippen molar-refractivity contribution in [3.63, 3.8) is 0 Å². The Morgan fingerprint density at radius 1 is 1.11 bits per heavy atom. The third-order valence-electron chi connectivity index (χ3n) is 7.27. The van der Waals surface area contributed by atoms with Gasteiger partial charge in [0.1, 0.15) is 23.0 Å². The second kappa shape index (κ2) is 10.4. The molecule has 10 heteroatoms. The molecule has 3 aromatic rings. The molecule has 1 aliphatic heterocycles. The van der Waals surface area contributed by atoms with Gasteiger partial charge in [0.05, 0.1) is 11.2 Å². The Bertz CT molecular complexity index is 1360. The fourth-order valence-corrected chi connectivity index (χ4v) is 5.19. The minimum atomic E-state index is -4.73. The van der Waals surface area contributed by atoms with Crippen molar-refractivity contribution < 1.29 is 17.9 Å². The van der Waals surface area contributed by atoms with Crippen LogP contribution in [0.2, 0.25) is 0 Å². The minimum absolute atomic E-state index is 0.0372. The molecule has 37 heavy (non-hydrogen) atoms. The fourth-order valence-electron chi connectivity index (χ4n) is 5.19. The van der Waals surface area contributed by atoms with Crippen LogP contribution in [-0.2, 0) is 7.05 Å². The molecule has 0 aliphatic carbocycles. The highest BCUT2D eigenvalue weighted by Crippen LogP contribution is 2.35. The van der Waals surface area contributed by atoms with Crippen LogP contribution >= 0.6 is 0 Å². The molecule has 0 bridgehead atoms. The topological polar surface area (TPSA) is 74.4 Å². The number of rotatable bonds is 6. The average Bonchev–Trinajstić information content (AvgIpc) is 2.88. The number of aromatic nitrogens is 2. The minimum Gasteiger partial charge on any atom is -0.406 e. The summed E-state index contributed by atoms with van der Waals surface area (Å²) < 4.78 is 43.2. The second-order valence-electron chi connectivity index (χ2n) is 9.37. The maximum atomic E-state index is 12.8. The Hall–Kier alpha value is -3.58. The third kappa shape index (κ3) is 5.42. The Balaban J connectivity index is 1.67. The normalized spacial score (nSPS) is 19.6. The molecule has 1 aliphatic rings. The van der Waals surface area contributed by atoms with E-state index in [-0.39, 0.29) is 35.1 Å². The molecule has 1 fully saturated rings. The van der Waals surface area contributed by atoms with E-state index in [2.05, 4.69) is 46.4 Å². The van der Waals surface area contributed by atoms with Crippen LogP contribution in [0.25, 0.3) is 11.0 Å². The van der Waals surface area contributed by atoms with E-state index in [4.69, 9.17) is 0 Å². The van der Waals surface area contributed by atoms with Gasteiger partial charge in [-0.25, -0.2) is 4.98 Å². The van der Waals surface area contributed by atoms with Crippen molar-refractivity contribution in [1.82, 2.24) is 14.5 Å². The van der Waals surface area contributed by atoms with E-state index in [1.165, 1.54) is 16.7 Å². The number of ether oxygens (including phenoxy) is 1. The SMILES string of the molecule is CC[C@H]1CN(C(C)c2ccc(OC(F)(F)F)cc2)[C@H](CC)CN1c1cc(=O)n(C)c2ccc(C#N)nc12. The van der Waals surface area contributed by atoms with Crippen molar-refractivity contribution in [3.8, 4) is 11.8 Å². The zero-order valence-corrected chi connectivity index (χ0v) is 21.3. The average molecular weight is 514 g/mol. The maximum Gasteiger partial charge on any atom is 0.573 e. The first-order valence-corrected chi connectivity index (χ1v) is 12.3. The van der Waals surface area contributed by atoms with Gasteiger partial charge in [0.25, 0.3) is 5.56 Å². The van der Waals surface area contributed by atoms with Crippen LogP contribution in [0.1, 0.15) is 50.9 Å². The summed E-state index contributed by atoms with van der Waals surface area (Å²) in [6.45, 7) is 7.59. The molecule has 0 spiro atoms. The van der Waals surface area contributed by atoms with Gasteiger partial charge in [-0.05, 0) is 49.6 Å². The first kappa shape index (κ1) is 26.5. The van der Waals surface area contributed by atoms with E-state index < -0.39 is 6.36 Å². The first-order valence-electron chi connectivity index (χ1n) is 12.3. The van der Waals surface area contributed by atoms with E-state index >= 15 is 0 Å². The second-order valence-corrected chi connectivity index (χ2v) is 9.37. The van der Waals surface area contributed by atoms with Crippen molar-refractivity contribution in [2.24, 2.45) is 7.05 Å². The fraction of sp³-hybridized carbons (Fsp3) is 0.444. The molecule has 3 heterocycles. The summed E-state index contributed by atoms with van der Waals surface area (Å²) in [6.07, 6.45) is -3.07. The molecule has 0 saturated carbocycles. The van der Waals surface area contributed by atoms with Gasteiger partial charge in [-0.1, -0.05) is 26.0 Å². The predicted molar refractivity (Wildman–Crippen MR) is 135 cm³/mol. The summed E-state index contributed by atoms with van der Waals surface area (Å²) >= 11 is 0. The Kier molecular flexibility index (Phi) is 7.46. The number of aryl methyl sites for hydroxylation is 1. The van der Waals surface area contributed by atoms with Crippen LogP contribution in [-0.4, -0.2) is 46.0 Å². The van der Waals surface area contributed by atoms with Gasteiger partial charge in [-0.15, -0.1) is 13.2 Å². The van der Waals surface area contributed by atoms with Crippen LogP contribution < -0.4 is 15.2 Å². The number of fused-ring (bicyclic) bond motifs is 1. The lowest BCUT2D eigenvalue weighted by Crippen LogP contribution is -2.58. The highest BCUT2D eigenvalue weighted by Gasteiger charge is 2.36. The number of pyridine rings is 2. The van der Waals surface area contributed by atoms with Gasteiger partial charge in [0, 0.05) is 44.3 Å². The quantitative estimate of drug-likeness (QED) is 0.454. The summed E-state index contributed by atoms with van der Waals surface area (Å²) in [5, 5.41) is 9.41. The van der Waals surface area contributed by atoms with Crippen molar-refractivity contribution in [3.05, 3.63) is 64.1 Å². The number of nitrogens with zero attached hydrogens (tertiary/aromatic N) is 5. The van der Waals surface area contributed by atoms with Gasteiger partial charge in [0.15, 0.2) is 0 Å². The number of hydrogen-bond donors (Lipinski definition) is 0. The third-order valence-corrected chi connectivity index (χ3v) is 7.27.